The van der Waals surface area contributed by atoms with Gasteiger partial charge in [0.2, 0.25) is 0 Å². The highest BCUT2D eigenvalue weighted by atomic mass is 16.5. The molecular formula is C15H23NO. The average Bonchev–Trinajstić information content (AvgIpc) is 2.80. The summed E-state index contributed by atoms with van der Waals surface area (Å²) < 4.78 is 5.64. The van der Waals surface area contributed by atoms with Crippen LogP contribution in [0.15, 0.2) is 24.3 Å². The van der Waals surface area contributed by atoms with E-state index in [1.165, 1.54) is 25.7 Å². The Morgan fingerprint density at radius 1 is 1.24 bits per heavy atom. The molecule has 17 heavy (non-hydrogen) atoms. The summed E-state index contributed by atoms with van der Waals surface area (Å²) in [4.78, 5) is 0. The number of benzene rings is 1. The molecule has 1 saturated carbocycles. The van der Waals surface area contributed by atoms with E-state index in [0.717, 1.165) is 24.0 Å². The second-order valence-corrected chi connectivity index (χ2v) is 4.86. The molecule has 1 fully saturated rings. The fourth-order valence-corrected chi connectivity index (χ4v) is 2.66. The summed E-state index contributed by atoms with van der Waals surface area (Å²) in [6.07, 6.45) is 5.27. The van der Waals surface area contributed by atoms with E-state index in [4.69, 9.17) is 4.74 Å². The van der Waals surface area contributed by atoms with Gasteiger partial charge in [0.25, 0.3) is 0 Å². The van der Waals surface area contributed by atoms with Gasteiger partial charge >= 0.3 is 0 Å². The van der Waals surface area contributed by atoms with Gasteiger partial charge in [0.1, 0.15) is 5.75 Å². The monoisotopic (exact) mass is 233 g/mol. The predicted molar refractivity (Wildman–Crippen MR) is 72.7 cm³/mol. The summed E-state index contributed by atoms with van der Waals surface area (Å²) in [5.41, 5.74) is 1.15. The number of hydrogen-bond donors (Lipinski definition) is 1. The maximum atomic E-state index is 5.64. The van der Waals surface area contributed by atoms with Crippen LogP contribution in [0.25, 0.3) is 0 Å². The molecule has 1 aromatic carbocycles. The van der Waals surface area contributed by atoms with Crippen LogP contribution in [0.3, 0.4) is 0 Å². The normalized spacial score (nSPS) is 23.6. The summed E-state index contributed by atoms with van der Waals surface area (Å²) in [6.45, 7) is 5.04. The van der Waals surface area contributed by atoms with Gasteiger partial charge in [-0.1, -0.05) is 25.5 Å². The molecule has 1 aromatic rings. The SMILES string of the molecule is CCOc1ccccc1NC1CCC(CC)C1. The molecule has 2 atom stereocenters. The molecule has 0 saturated heterocycles. The van der Waals surface area contributed by atoms with Crippen molar-refractivity contribution in [3.63, 3.8) is 0 Å². The smallest absolute Gasteiger partial charge is 0.142 e. The maximum Gasteiger partial charge on any atom is 0.142 e. The Hall–Kier alpha value is -1.18. The van der Waals surface area contributed by atoms with Crippen molar-refractivity contribution in [1.29, 1.82) is 0 Å². The van der Waals surface area contributed by atoms with Gasteiger partial charge < -0.3 is 10.1 Å². The van der Waals surface area contributed by atoms with Crippen molar-refractivity contribution in [2.75, 3.05) is 11.9 Å². The van der Waals surface area contributed by atoms with Crippen molar-refractivity contribution in [3.8, 4) is 5.75 Å². The molecular weight excluding hydrogens is 210 g/mol. The molecule has 0 aromatic heterocycles. The molecule has 1 aliphatic carbocycles. The van der Waals surface area contributed by atoms with E-state index in [1.54, 1.807) is 0 Å². The van der Waals surface area contributed by atoms with Gasteiger partial charge in [-0.2, -0.15) is 0 Å². The van der Waals surface area contributed by atoms with Gasteiger partial charge in [-0.25, -0.2) is 0 Å². The number of para-hydroxylation sites is 2. The third-order valence-corrected chi connectivity index (χ3v) is 3.67. The fourth-order valence-electron chi connectivity index (χ4n) is 2.66. The van der Waals surface area contributed by atoms with Crippen LogP contribution < -0.4 is 10.1 Å². The minimum Gasteiger partial charge on any atom is -0.492 e. The molecule has 0 bridgehead atoms. The van der Waals surface area contributed by atoms with Gasteiger partial charge in [-0.05, 0) is 44.2 Å². The number of ether oxygens (including phenoxy) is 1. The zero-order valence-corrected chi connectivity index (χ0v) is 10.9. The third kappa shape index (κ3) is 3.15. The quantitative estimate of drug-likeness (QED) is 0.827. The summed E-state index contributed by atoms with van der Waals surface area (Å²) in [5, 5.41) is 3.63. The van der Waals surface area contributed by atoms with E-state index in [9.17, 15) is 0 Å². The average molecular weight is 233 g/mol. The minimum atomic E-state index is 0.626. The molecule has 2 rings (SSSR count). The molecule has 2 unspecified atom stereocenters. The Kier molecular flexibility index (Phi) is 4.29. The lowest BCUT2D eigenvalue weighted by molar-refractivity contribution is 0.341. The van der Waals surface area contributed by atoms with Crippen LogP contribution in [0, 0.1) is 5.92 Å². The van der Waals surface area contributed by atoms with Crippen molar-refractivity contribution in [2.45, 2.75) is 45.6 Å². The lowest BCUT2D eigenvalue weighted by Gasteiger charge is -2.17. The van der Waals surface area contributed by atoms with Crippen LogP contribution in [0.4, 0.5) is 5.69 Å². The Bertz CT molecular complexity index is 351. The number of rotatable bonds is 5. The van der Waals surface area contributed by atoms with Crippen LogP contribution in [-0.2, 0) is 0 Å². The van der Waals surface area contributed by atoms with E-state index in [-0.39, 0.29) is 0 Å². The molecule has 1 N–H and O–H groups in total. The highest BCUT2D eigenvalue weighted by Gasteiger charge is 2.23. The van der Waals surface area contributed by atoms with Gasteiger partial charge in [0.15, 0.2) is 0 Å². The highest BCUT2D eigenvalue weighted by Crippen LogP contribution is 2.32. The largest absolute Gasteiger partial charge is 0.492 e. The second-order valence-electron chi connectivity index (χ2n) is 4.86. The first-order chi connectivity index (χ1) is 8.33. The van der Waals surface area contributed by atoms with E-state index >= 15 is 0 Å². The Morgan fingerprint density at radius 2 is 2.06 bits per heavy atom. The van der Waals surface area contributed by atoms with Crippen molar-refractivity contribution >= 4 is 5.69 Å². The van der Waals surface area contributed by atoms with Crippen molar-refractivity contribution in [1.82, 2.24) is 0 Å². The third-order valence-electron chi connectivity index (χ3n) is 3.67. The molecule has 94 valence electrons. The molecule has 0 spiro atoms. The van der Waals surface area contributed by atoms with Gasteiger partial charge in [0, 0.05) is 6.04 Å². The summed E-state index contributed by atoms with van der Waals surface area (Å²) in [7, 11) is 0. The molecule has 0 radical (unpaired) electrons. The lowest BCUT2D eigenvalue weighted by atomic mass is 10.1. The standard InChI is InChI=1S/C15H23NO/c1-3-12-9-10-13(11-12)16-14-7-5-6-8-15(14)17-4-2/h5-8,12-13,16H,3-4,9-11H2,1-2H3. The van der Waals surface area contributed by atoms with Crippen LogP contribution >= 0.6 is 0 Å². The summed E-state index contributed by atoms with van der Waals surface area (Å²) in [6, 6.07) is 8.88. The van der Waals surface area contributed by atoms with E-state index in [2.05, 4.69) is 24.4 Å². The molecule has 1 aliphatic rings. The first-order valence-electron chi connectivity index (χ1n) is 6.81. The minimum absolute atomic E-state index is 0.626. The van der Waals surface area contributed by atoms with Crippen molar-refractivity contribution < 1.29 is 4.74 Å². The van der Waals surface area contributed by atoms with E-state index in [0.29, 0.717) is 6.04 Å². The van der Waals surface area contributed by atoms with Crippen molar-refractivity contribution in [2.24, 2.45) is 5.92 Å². The zero-order valence-electron chi connectivity index (χ0n) is 10.9. The lowest BCUT2D eigenvalue weighted by Crippen LogP contribution is -2.16. The van der Waals surface area contributed by atoms with E-state index < -0.39 is 0 Å². The topological polar surface area (TPSA) is 21.3 Å². The number of nitrogens with one attached hydrogen (secondary N) is 1. The van der Waals surface area contributed by atoms with E-state index in [1.807, 2.05) is 19.1 Å². The fraction of sp³-hybridized carbons (Fsp3) is 0.600. The highest BCUT2D eigenvalue weighted by molar-refractivity contribution is 5.56. The zero-order chi connectivity index (χ0) is 12.1. The first-order valence-corrected chi connectivity index (χ1v) is 6.81. The Balaban J connectivity index is 1.98. The molecule has 0 amide bonds. The van der Waals surface area contributed by atoms with Gasteiger partial charge in [-0.3, -0.25) is 0 Å². The van der Waals surface area contributed by atoms with Gasteiger partial charge in [0.05, 0.1) is 12.3 Å². The molecule has 0 aliphatic heterocycles. The Labute approximate surface area is 104 Å². The number of hydrogen-bond acceptors (Lipinski definition) is 2. The second kappa shape index (κ2) is 5.95. The van der Waals surface area contributed by atoms with Crippen LogP contribution in [0.1, 0.15) is 39.5 Å². The maximum absolute atomic E-state index is 5.64. The van der Waals surface area contributed by atoms with Crippen molar-refractivity contribution in [3.05, 3.63) is 24.3 Å². The van der Waals surface area contributed by atoms with Gasteiger partial charge in [-0.15, -0.1) is 0 Å². The van der Waals surface area contributed by atoms with Crippen LogP contribution in [-0.4, -0.2) is 12.6 Å². The Morgan fingerprint density at radius 3 is 2.76 bits per heavy atom. The summed E-state index contributed by atoms with van der Waals surface area (Å²) >= 11 is 0. The van der Waals surface area contributed by atoms with Crippen LogP contribution in [0.2, 0.25) is 0 Å². The molecule has 2 nitrogen and oxygen atoms in total. The van der Waals surface area contributed by atoms with Crippen LogP contribution in [0.5, 0.6) is 5.75 Å². The summed E-state index contributed by atoms with van der Waals surface area (Å²) in [5.74, 6) is 1.89. The number of anilines is 1. The predicted octanol–water partition coefficient (Wildman–Crippen LogP) is 4.08. The molecule has 0 heterocycles. The first kappa shape index (κ1) is 12.3. The molecule has 2 heteroatoms.